The third-order valence-corrected chi connectivity index (χ3v) is 2.85. The molecule has 18 heavy (non-hydrogen) atoms. The smallest absolute Gasteiger partial charge is 0.267 e. The van der Waals surface area contributed by atoms with Gasteiger partial charge in [-0.25, -0.2) is 9.49 Å². The predicted octanol–water partition coefficient (Wildman–Crippen LogP) is 2.73. The van der Waals surface area contributed by atoms with Crippen LogP contribution in [-0.4, -0.2) is 10.2 Å². The molecule has 0 spiro atoms. The number of fused-ring (bicyclic) bond motifs is 1. The fraction of sp³-hybridized carbons (Fsp3) is 0. The van der Waals surface area contributed by atoms with Crippen molar-refractivity contribution >= 4 is 10.8 Å². The molecule has 3 nitrogen and oxygen atoms in total. The van der Waals surface area contributed by atoms with Crippen molar-refractivity contribution in [3.63, 3.8) is 0 Å². The summed E-state index contributed by atoms with van der Waals surface area (Å²) in [7, 11) is 0. The molecule has 0 saturated carbocycles. The number of aromatic nitrogens is 2. The molecule has 0 aliphatic rings. The summed E-state index contributed by atoms with van der Waals surface area (Å²) in [5.74, 6) is -0.276. The second kappa shape index (κ2) is 4.07. The molecular formula is C14H9FN2O. The summed E-state index contributed by atoms with van der Waals surface area (Å²) in [6, 6.07) is 11.7. The first kappa shape index (κ1) is 10.7. The van der Waals surface area contributed by atoms with Gasteiger partial charge in [0, 0.05) is 5.39 Å². The van der Waals surface area contributed by atoms with E-state index >= 15 is 0 Å². The fourth-order valence-electron chi connectivity index (χ4n) is 1.91. The lowest BCUT2D eigenvalue weighted by Gasteiger charge is -2.03. The molecule has 1 N–H and O–H groups in total. The van der Waals surface area contributed by atoms with Gasteiger partial charge in [-0.1, -0.05) is 24.3 Å². The third-order valence-electron chi connectivity index (χ3n) is 2.85. The van der Waals surface area contributed by atoms with Crippen molar-refractivity contribution in [1.29, 1.82) is 0 Å². The second-order valence-corrected chi connectivity index (χ2v) is 4.01. The fourth-order valence-corrected chi connectivity index (χ4v) is 1.91. The van der Waals surface area contributed by atoms with Crippen LogP contribution in [0.3, 0.4) is 0 Å². The Labute approximate surface area is 102 Å². The first-order valence-corrected chi connectivity index (χ1v) is 5.47. The minimum Gasteiger partial charge on any atom is -0.267 e. The lowest BCUT2D eigenvalue weighted by Crippen LogP contribution is -2.07. The van der Waals surface area contributed by atoms with Gasteiger partial charge in [0.05, 0.1) is 11.6 Å². The van der Waals surface area contributed by atoms with Crippen LogP contribution < -0.4 is 5.56 Å². The summed E-state index contributed by atoms with van der Waals surface area (Å²) in [6.45, 7) is 0. The Kier molecular flexibility index (Phi) is 2.41. The number of rotatable bonds is 1. The topological polar surface area (TPSA) is 45.8 Å². The molecule has 0 fully saturated rings. The number of nitrogens with zero attached hydrogens (tertiary/aromatic N) is 1. The van der Waals surface area contributed by atoms with Gasteiger partial charge in [0.25, 0.3) is 5.56 Å². The molecule has 0 bridgehead atoms. The highest BCUT2D eigenvalue weighted by Gasteiger charge is 2.02. The average Bonchev–Trinajstić information content (AvgIpc) is 2.40. The Hall–Kier alpha value is -2.49. The zero-order chi connectivity index (χ0) is 12.5. The van der Waals surface area contributed by atoms with E-state index in [-0.39, 0.29) is 11.4 Å². The van der Waals surface area contributed by atoms with E-state index in [1.165, 1.54) is 12.1 Å². The monoisotopic (exact) mass is 240 g/mol. The standard InChI is InChI=1S/C14H9FN2O/c15-12-5-3-9(4-6-12)10-1-2-11-8-16-17-14(18)13(11)7-10/h1-8H,(H,17,18). The van der Waals surface area contributed by atoms with Gasteiger partial charge in [-0.3, -0.25) is 4.79 Å². The summed E-state index contributed by atoms with van der Waals surface area (Å²) in [5.41, 5.74) is 1.52. The maximum Gasteiger partial charge on any atom is 0.272 e. The second-order valence-electron chi connectivity index (χ2n) is 4.01. The van der Waals surface area contributed by atoms with E-state index in [1.54, 1.807) is 24.4 Å². The molecule has 0 saturated heterocycles. The number of hydrogen-bond donors (Lipinski definition) is 1. The van der Waals surface area contributed by atoms with Crippen LogP contribution in [0.4, 0.5) is 4.39 Å². The van der Waals surface area contributed by atoms with E-state index < -0.39 is 0 Å². The van der Waals surface area contributed by atoms with Gasteiger partial charge in [0.2, 0.25) is 0 Å². The average molecular weight is 240 g/mol. The molecule has 0 aliphatic carbocycles. The Bertz CT molecular complexity index is 763. The molecule has 1 aromatic heterocycles. The first-order valence-electron chi connectivity index (χ1n) is 5.47. The quantitative estimate of drug-likeness (QED) is 0.710. The van der Waals surface area contributed by atoms with Crippen molar-refractivity contribution in [3.8, 4) is 11.1 Å². The van der Waals surface area contributed by atoms with Crippen LogP contribution in [0.1, 0.15) is 0 Å². The van der Waals surface area contributed by atoms with Gasteiger partial charge in [-0.2, -0.15) is 5.10 Å². The number of H-pyrrole nitrogens is 1. The van der Waals surface area contributed by atoms with Gasteiger partial charge in [-0.15, -0.1) is 0 Å². The predicted molar refractivity (Wildman–Crippen MR) is 67.8 cm³/mol. The Balaban J connectivity index is 2.22. The van der Waals surface area contributed by atoms with Crippen molar-refractivity contribution in [2.45, 2.75) is 0 Å². The van der Waals surface area contributed by atoms with Crippen LogP contribution in [0.2, 0.25) is 0 Å². The van der Waals surface area contributed by atoms with E-state index in [0.717, 1.165) is 16.5 Å². The third kappa shape index (κ3) is 1.78. The van der Waals surface area contributed by atoms with Crippen molar-refractivity contribution in [2.24, 2.45) is 0 Å². The maximum atomic E-state index is 12.9. The van der Waals surface area contributed by atoms with Gasteiger partial charge < -0.3 is 0 Å². The summed E-state index contributed by atoms with van der Waals surface area (Å²) in [4.78, 5) is 11.6. The zero-order valence-electron chi connectivity index (χ0n) is 9.35. The zero-order valence-corrected chi connectivity index (χ0v) is 9.35. The molecule has 0 atom stereocenters. The Morgan fingerprint density at radius 1 is 1.00 bits per heavy atom. The van der Waals surface area contributed by atoms with Crippen LogP contribution in [0.25, 0.3) is 21.9 Å². The number of halogens is 1. The minimum atomic E-state index is -0.276. The van der Waals surface area contributed by atoms with Crippen LogP contribution >= 0.6 is 0 Å². The highest BCUT2D eigenvalue weighted by Crippen LogP contribution is 2.22. The van der Waals surface area contributed by atoms with Gasteiger partial charge in [0.1, 0.15) is 5.82 Å². The molecule has 3 aromatic rings. The SMILES string of the molecule is O=c1[nH]ncc2ccc(-c3ccc(F)cc3)cc12. The summed E-state index contributed by atoms with van der Waals surface area (Å²) < 4.78 is 12.9. The minimum absolute atomic E-state index is 0.225. The number of aromatic amines is 1. The lowest BCUT2D eigenvalue weighted by atomic mass is 10.0. The molecule has 88 valence electrons. The first-order chi connectivity index (χ1) is 8.74. The van der Waals surface area contributed by atoms with E-state index in [2.05, 4.69) is 10.2 Å². The number of benzene rings is 2. The largest absolute Gasteiger partial charge is 0.272 e. The number of nitrogens with one attached hydrogen (secondary N) is 1. The molecule has 3 rings (SSSR count). The van der Waals surface area contributed by atoms with Crippen LogP contribution in [0, 0.1) is 5.82 Å². The van der Waals surface area contributed by atoms with Crippen LogP contribution in [0.15, 0.2) is 53.5 Å². The van der Waals surface area contributed by atoms with Gasteiger partial charge in [0.15, 0.2) is 0 Å². The molecule has 0 radical (unpaired) electrons. The van der Waals surface area contributed by atoms with E-state index in [1.807, 2.05) is 12.1 Å². The highest BCUT2D eigenvalue weighted by atomic mass is 19.1. The highest BCUT2D eigenvalue weighted by molar-refractivity contribution is 5.85. The molecule has 0 unspecified atom stereocenters. The van der Waals surface area contributed by atoms with Gasteiger partial charge >= 0.3 is 0 Å². The Morgan fingerprint density at radius 2 is 1.72 bits per heavy atom. The summed E-state index contributed by atoms with van der Waals surface area (Å²) in [6.07, 6.45) is 1.60. The summed E-state index contributed by atoms with van der Waals surface area (Å²) >= 11 is 0. The lowest BCUT2D eigenvalue weighted by molar-refractivity contribution is 0.628. The number of hydrogen-bond acceptors (Lipinski definition) is 2. The molecular weight excluding hydrogens is 231 g/mol. The molecule has 2 aromatic carbocycles. The van der Waals surface area contributed by atoms with Crippen molar-refractivity contribution < 1.29 is 4.39 Å². The van der Waals surface area contributed by atoms with E-state index in [0.29, 0.717) is 5.39 Å². The van der Waals surface area contributed by atoms with E-state index in [9.17, 15) is 9.18 Å². The molecule has 4 heteroatoms. The van der Waals surface area contributed by atoms with E-state index in [4.69, 9.17) is 0 Å². The maximum absolute atomic E-state index is 12.9. The Morgan fingerprint density at radius 3 is 2.50 bits per heavy atom. The summed E-state index contributed by atoms with van der Waals surface area (Å²) in [5, 5.41) is 7.49. The normalized spacial score (nSPS) is 10.7. The van der Waals surface area contributed by atoms with Crippen LogP contribution in [-0.2, 0) is 0 Å². The van der Waals surface area contributed by atoms with Crippen LogP contribution in [0.5, 0.6) is 0 Å². The molecule has 0 amide bonds. The molecule has 1 heterocycles. The van der Waals surface area contributed by atoms with Crippen molar-refractivity contribution in [1.82, 2.24) is 10.2 Å². The van der Waals surface area contributed by atoms with Crippen molar-refractivity contribution in [2.75, 3.05) is 0 Å². The molecule has 0 aliphatic heterocycles. The van der Waals surface area contributed by atoms with Crippen molar-refractivity contribution in [3.05, 3.63) is 64.8 Å². The van der Waals surface area contributed by atoms with Gasteiger partial charge in [-0.05, 0) is 29.3 Å².